The molecule has 0 atom stereocenters. The number of rotatable bonds is 4. The predicted octanol–water partition coefficient (Wildman–Crippen LogP) is 1.25. The number of nitrogens with zero attached hydrogens (tertiary/aromatic N) is 3. The average Bonchev–Trinajstić information content (AvgIpc) is 2.84. The van der Waals surface area contributed by atoms with E-state index in [1.807, 2.05) is 4.90 Å². The molecule has 1 saturated carbocycles. The number of primary amides is 1. The number of hydrogen-bond donors (Lipinski definition) is 2. The topological polar surface area (TPSA) is 98.1 Å². The molecular weight excluding hydrogens is 266 g/mol. The van der Waals surface area contributed by atoms with Gasteiger partial charge in [-0.2, -0.15) is 4.98 Å². The van der Waals surface area contributed by atoms with Crippen molar-refractivity contribution in [3.63, 3.8) is 0 Å². The number of carbonyl (C=O) groups excluding carboxylic acids is 1. The second-order valence-electron chi connectivity index (χ2n) is 4.85. The first-order valence-electron chi connectivity index (χ1n) is 6.33. The van der Waals surface area contributed by atoms with Crippen LogP contribution in [0.15, 0.2) is 0 Å². The molecule has 0 unspecified atom stereocenters. The first-order chi connectivity index (χ1) is 8.99. The van der Waals surface area contributed by atoms with E-state index in [2.05, 4.69) is 9.97 Å². The van der Waals surface area contributed by atoms with Crippen LogP contribution in [-0.4, -0.2) is 28.5 Å². The summed E-state index contributed by atoms with van der Waals surface area (Å²) in [4.78, 5) is 21.3. The first-order valence-corrected chi connectivity index (χ1v) is 6.71. The number of halogens is 1. The molecule has 4 N–H and O–H groups in total. The number of anilines is 2. The van der Waals surface area contributed by atoms with Crippen LogP contribution < -0.4 is 16.4 Å². The van der Waals surface area contributed by atoms with Crippen molar-refractivity contribution in [3.8, 4) is 0 Å². The molecule has 1 aromatic heterocycles. The van der Waals surface area contributed by atoms with Gasteiger partial charge in [0.2, 0.25) is 11.2 Å². The predicted molar refractivity (Wildman–Crippen MR) is 75.0 cm³/mol. The Kier molecular flexibility index (Phi) is 4.09. The average molecular weight is 284 g/mol. The second-order valence-corrected chi connectivity index (χ2v) is 5.19. The fourth-order valence-electron chi connectivity index (χ4n) is 2.51. The van der Waals surface area contributed by atoms with Gasteiger partial charge in [0.15, 0.2) is 5.82 Å². The van der Waals surface area contributed by atoms with E-state index in [1.54, 1.807) is 6.92 Å². The highest BCUT2D eigenvalue weighted by Gasteiger charge is 2.27. The minimum Gasteiger partial charge on any atom is -0.394 e. The van der Waals surface area contributed by atoms with Crippen molar-refractivity contribution in [2.45, 2.75) is 38.6 Å². The van der Waals surface area contributed by atoms with E-state index >= 15 is 0 Å². The number of nitrogens with two attached hydrogens (primary N) is 2. The van der Waals surface area contributed by atoms with E-state index in [9.17, 15) is 4.79 Å². The standard InChI is InChI=1S/C12H18ClN5O/c1-7-10(15)11(17-12(13)16-7)18(6-9(14)19)8-4-2-3-5-8/h8H,2-6,15H2,1H3,(H2,14,19). The van der Waals surface area contributed by atoms with Crippen molar-refractivity contribution >= 4 is 29.0 Å². The maximum atomic E-state index is 11.3. The molecule has 0 aliphatic heterocycles. The summed E-state index contributed by atoms with van der Waals surface area (Å²) in [5, 5.41) is 0.133. The van der Waals surface area contributed by atoms with Gasteiger partial charge in [-0.15, -0.1) is 0 Å². The summed E-state index contributed by atoms with van der Waals surface area (Å²) < 4.78 is 0. The maximum Gasteiger partial charge on any atom is 0.237 e. The molecule has 1 fully saturated rings. The molecule has 1 heterocycles. The molecule has 0 bridgehead atoms. The van der Waals surface area contributed by atoms with Crippen molar-refractivity contribution < 1.29 is 4.79 Å². The summed E-state index contributed by atoms with van der Waals surface area (Å²) in [6.45, 7) is 1.87. The number of aromatic nitrogens is 2. The van der Waals surface area contributed by atoms with Gasteiger partial charge in [0.25, 0.3) is 0 Å². The minimum atomic E-state index is -0.404. The van der Waals surface area contributed by atoms with E-state index in [4.69, 9.17) is 23.1 Å². The molecule has 1 aliphatic carbocycles. The second kappa shape index (κ2) is 5.61. The molecule has 1 amide bonds. The Morgan fingerprint density at radius 2 is 2.05 bits per heavy atom. The molecule has 0 saturated heterocycles. The molecule has 1 aliphatic rings. The maximum absolute atomic E-state index is 11.3. The monoisotopic (exact) mass is 283 g/mol. The lowest BCUT2D eigenvalue weighted by Gasteiger charge is -2.30. The highest BCUT2D eigenvalue weighted by atomic mass is 35.5. The largest absolute Gasteiger partial charge is 0.394 e. The van der Waals surface area contributed by atoms with Gasteiger partial charge in [-0.1, -0.05) is 12.8 Å². The van der Waals surface area contributed by atoms with E-state index in [1.165, 1.54) is 0 Å². The SMILES string of the molecule is Cc1nc(Cl)nc(N(CC(N)=O)C2CCCC2)c1N. The van der Waals surface area contributed by atoms with Gasteiger partial charge >= 0.3 is 0 Å². The van der Waals surface area contributed by atoms with Crippen molar-refractivity contribution in [3.05, 3.63) is 11.0 Å². The first kappa shape index (κ1) is 13.9. The third-order valence-corrected chi connectivity index (χ3v) is 3.62. The van der Waals surface area contributed by atoms with Crippen LogP contribution in [0.3, 0.4) is 0 Å². The Morgan fingerprint density at radius 3 is 2.63 bits per heavy atom. The summed E-state index contributed by atoms with van der Waals surface area (Å²) in [5.41, 5.74) is 12.4. The van der Waals surface area contributed by atoms with Crippen LogP contribution in [0.5, 0.6) is 0 Å². The lowest BCUT2D eigenvalue weighted by atomic mass is 10.2. The van der Waals surface area contributed by atoms with Gasteiger partial charge in [-0.05, 0) is 31.4 Å². The molecule has 104 valence electrons. The van der Waals surface area contributed by atoms with E-state index in [0.29, 0.717) is 17.2 Å². The van der Waals surface area contributed by atoms with Crippen LogP contribution in [-0.2, 0) is 4.79 Å². The fraction of sp³-hybridized carbons (Fsp3) is 0.583. The number of amides is 1. The summed E-state index contributed by atoms with van der Waals surface area (Å²) in [7, 11) is 0. The molecule has 0 aromatic carbocycles. The van der Waals surface area contributed by atoms with E-state index in [-0.39, 0.29) is 17.9 Å². The molecule has 0 radical (unpaired) electrons. The van der Waals surface area contributed by atoms with Crippen LogP contribution in [0, 0.1) is 6.92 Å². The summed E-state index contributed by atoms with van der Waals surface area (Å²) in [5.74, 6) is 0.113. The van der Waals surface area contributed by atoms with Crippen LogP contribution in [0.4, 0.5) is 11.5 Å². The number of nitrogen functional groups attached to an aromatic ring is 1. The van der Waals surface area contributed by atoms with Crippen LogP contribution >= 0.6 is 11.6 Å². The van der Waals surface area contributed by atoms with E-state index in [0.717, 1.165) is 25.7 Å². The summed E-state index contributed by atoms with van der Waals surface area (Å²) in [6.07, 6.45) is 4.29. The quantitative estimate of drug-likeness (QED) is 0.811. The molecular formula is C12H18ClN5O. The normalized spacial score (nSPS) is 15.7. The molecule has 7 heteroatoms. The lowest BCUT2D eigenvalue weighted by Crippen LogP contribution is -2.41. The zero-order valence-corrected chi connectivity index (χ0v) is 11.7. The van der Waals surface area contributed by atoms with Gasteiger partial charge in [0.05, 0.1) is 17.9 Å². The minimum absolute atomic E-state index is 0.0989. The van der Waals surface area contributed by atoms with Crippen molar-refractivity contribution in [1.29, 1.82) is 0 Å². The Morgan fingerprint density at radius 1 is 1.42 bits per heavy atom. The number of aryl methyl sites for hydroxylation is 1. The zero-order valence-electron chi connectivity index (χ0n) is 10.9. The highest BCUT2D eigenvalue weighted by Crippen LogP contribution is 2.31. The fourth-order valence-corrected chi connectivity index (χ4v) is 2.72. The van der Waals surface area contributed by atoms with Crippen LogP contribution in [0.1, 0.15) is 31.4 Å². The Balaban J connectivity index is 2.39. The molecule has 19 heavy (non-hydrogen) atoms. The van der Waals surface area contributed by atoms with E-state index < -0.39 is 5.91 Å². The third kappa shape index (κ3) is 3.07. The third-order valence-electron chi connectivity index (χ3n) is 3.45. The molecule has 1 aromatic rings. The zero-order chi connectivity index (χ0) is 14.0. The highest BCUT2D eigenvalue weighted by molar-refractivity contribution is 6.28. The smallest absolute Gasteiger partial charge is 0.237 e. The van der Waals surface area contributed by atoms with Gasteiger partial charge in [-0.25, -0.2) is 4.98 Å². The molecule has 6 nitrogen and oxygen atoms in total. The Bertz CT molecular complexity index is 487. The van der Waals surface area contributed by atoms with Crippen molar-refractivity contribution in [1.82, 2.24) is 9.97 Å². The Labute approximate surface area is 117 Å². The van der Waals surface area contributed by atoms with Crippen molar-refractivity contribution in [2.75, 3.05) is 17.2 Å². The van der Waals surface area contributed by atoms with Gasteiger partial charge in [0.1, 0.15) is 0 Å². The summed E-state index contributed by atoms with van der Waals surface area (Å²) in [6, 6.07) is 0.236. The van der Waals surface area contributed by atoms with Gasteiger partial charge in [0, 0.05) is 6.04 Å². The van der Waals surface area contributed by atoms with Crippen molar-refractivity contribution in [2.24, 2.45) is 5.73 Å². The number of carbonyl (C=O) groups is 1. The molecule has 2 rings (SSSR count). The van der Waals surface area contributed by atoms with Gasteiger partial charge < -0.3 is 16.4 Å². The number of hydrogen-bond acceptors (Lipinski definition) is 5. The van der Waals surface area contributed by atoms with Crippen LogP contribution in [0.25, 0.3) is 0 Å². The summed E-state index contributed by atoms with van der Waals surface area (Å²) >= 11 is 5.89. The molecule has 0 spiro atoms. The van der Waals surface area contributed by atoms with Crippen LogP contribution in [0.2, 0.25) is 5.28 Å². The van der Waals surface area contributed by atoms with Gasteiger partial charge in [-0.3, -0.25) is 4.79 Å². The lowest BCUT2D eigenvalue weighted by molar-refractivity contribution is -0.116. The Hall–Kier alpha value is -1.56.